The summed E-state index contributed by atoms with van der Waals surface area (Å²) in [6.45, 7) is 1.85. The van der Waals surface area contributed by atoms with Crippen molar-refractivity contribution in [3.63, 3.8) is 0 Å². The second-order valence-electron chi connectivity index (χ2n) is 2.88. The summed E-state index contributed by atoms with van der Waals surface area (Å²) >= 11 is 0. The molecule has 2 rings (SSSR count). The summed E-state index contributed by atoms with van der Waals surface area (Å²) in [5.74, 6) is 1.33. The quantitative estimate of drug-likeness (QED) is 0.727. The van der Waals surface area contributed by atoms with Crippen LogP contribution in [0.1, 0.15) is 5.76 Å². The van der Waals surface area contributed by atoms with Crippen molar-refractivity contribution < 1.29 is 9.26 Å². The van der Waals surface area contributed by atoms with Gasteiger partial charge in [0.05, 0.1) is 12.7 Å². The van der Waals surface area contributed by atoms with Crippen LogP contribution in [0, 0.1) is 6.92 Å². The van der Waals surface area contributed by atoms with E-state index in [4.69, 9.17) is 9.26 Å². The standard InChI is InChI=1S/C10H10N2O2/c1-7-6-9(12-14-7)8-4-3-5-11-10(8)13-2/h3-6H,1-2H3. The number of hydrogen-bond acceptors (Lipinski definition) is 4. The van der Waals surface area contributed by atoms with E-state index in [0.717, 1.165) is 17.0 Å². The van der Waals surface area contributed by atoms with Crippen molar-refractivity contribution in [2.45, 2.75) is 6.92 Å². The van der Waals surface area contributed by atoms with Gasteiger partial charge in [-0.05, 0) is 19.1 Å². The van der Waals surface area contributed by atoms with Crippen LogP contribution in [0.15, 0.2) is 28.9 Å². The van der Waals surface area contributed by atoms with Crippen molar-refractivity contribution in [2.75, 3.05) is 7.11 Å². The summed E-state index contributed by atoms with van der Waals surface area (Å²) in [4.78, 5) is 4.08. The van der Waals surface area contributed by atoms with Crippen LogP contribution in [-0.2, 0) is 0 Å². The fraction of sp³-hybridized carbons (Fsp3) is 0.200. The highest BCUT2D eigenvalue weighted by Crippen LogP contribution is 2.26. The third-order valence-corrected chi connectivity index (χ3v) is 1.87. The first kappa shape index (κ1) is 8.74. The summed E-state index contributed by atoms with van der Waals surface area (Å²) in [6, 6.07) is 5.57. The SMILES string of the molecule is COc1ncccc1-c1cc(C)on1. The molecule has 0 aliphatic rings. The van der Waals surface area contributed by atoms with Crippen molar-refractivity contribution >= 4 is 0 Å². The lowest BCUT2D eigenvalue weighted by Gasteiger charge is -2.02. The lowest BCUT2D eigenvalue weighted by atomic mass is 10.2. The van der Waals surface area contributed by atoms with Crippen molar-refractivity contribution in [3.8, 4) is 17.1 Å². The van der Waals surface area contributed by atoms with Gasteiger partial charge in [0.25, 0.3) is 0 Å². The largest absolute Gasteiger partial charge is 0.481 e. The summed E-state index contributed by atoms with van der Waals surface area (Å²) in [7, 11) is 1.58. The van der Waals surface area contributed by atoms with Gasteiger partial charge in [-0.2, -0.15) is 0 Å². The number of pyridine rings is 1. The van der Waals surface area contributed by atoms with Crippen molar-refractivity contribution in [1.82, 2.24) is 10.1 Å². The summed E-state index contributed by atoms with van der Waals surface area (Å²) in [5.41, 5.74) is 1.58. The van der Waals surface area contributed by atoms with Gasteiger partial charge >= 0.3 is 0 Å². The molecule has 0 bridgehead atoms. The first-order chi connectivity index (χ1) is 6.81. The Kier molecular flexibility index (Phi) is 2.18. The first-order valence-electron chi connectivity index (χ1n) is 4.24. The minimum atomic E-state index is 0.556. The molecule has 0 unspecified atom stereocenters. The molecule has 2 aromatic rings. The number of aromatic nitrogens is 2. The molecular formula is C10H10N2O2. The van der Waals surface area contributed by atoms with E-state index >= 15 is 0 Å². The zero-order valence-corrected chi connectivity index (χ0v) is 8.02. The van der Waals surface area contributed by atoms with Crippen LogP contribution in [0.4, 0.5) is 0 Å². The van der Waals surface area contributed by atoms with Gasteiger partial charge in [-0.3, -0.25) is 0 Å². The maximum Gasteiger partial charge on any atom is 0.222 e. The Hall–Kier alpha value is -1.84. The molecule has 0 aliphatic heterocycles. The molecule has 14 heavy (non-hydrogen) atoms. The van der Waals surface area contributed by atoms with Gasteiger partial charge in [-0.15, -0.1) is 0 Å². The Morgan fingerprint density at radius 3 is 2.93 bits per heavy atom. The summed E-state index contributed by atoms with van der Waals surface area (Å²) in [6.07, 6.45) is 1.68. The van der Waals surface area contributed by atoms with Gasteiger partial charge < -0.3 is 9.26 Å². The van der Waals surface area contributed by atoms with Crippen LogP contribution < -0.4 is 4.74 Å². The monoisotopic (exact) mass is 190 g/mol. The number of rotatable bonds is 2. The lowest BCUT2D eigenvalue weighted by molar-refractivity contribution is 0.392. The van der Waals surface area contributed by atoms with Crippen LogP contribution in [0.5, 0.6) is 5.88 Å². The fourth-order valence-electron chi connectivity index (χ4n) is 1.24. The first-order valence-corrected chi connectivity index (χ1v) is 4.24. The molecule has 2 aromatic heterocycles. The minimum Gasteiger partial charge on any atom is -0.481 e. The average molecular weight is 190 g/mol. The summed E-state index contributed by atoms with van der Waals surface area (Å²) < 4.78 is 10.1. The van der Waals surface area contributed by atoms with E-state index < -0.39 is 0 Å². The minimum absolute atomic E-state index is 0.556. The van der Waals surface area contributed by atoms with Gasteiger partial charge in [-0.1, -0.05) is 5.16 Å². The van der Waals surface area contributed by atoms with E-state index in [-0.39, 0.29) is 0 Å². The predicted octanol–water partition coefficient (Wildman–Crippen LogP) is 2.05. The van der Waals surface area contributed by atoms with Gasteiger partial charge in [-0.25, -0.2) is 4.98 Å². The zero-order chi connectivity index (χ0) is 9.97. The van der Waals surface area contributed by atoms with Crippen LogP contribution >= 0.6 is 0 Å². The van der Waals surface area contributed by atoms with Gasteiger partial charge in [0, 0.05) is 12.3 Å². The number of ether oxygens (including phenoxy) is 1. The fourth-order valence-corrected chi connectivity index (χ4v) is 1.24. The highest BCUT2D eigenvalue weighted by molar-refractivity contribution is 5.64. The molecule has 0 aliphatic carbocycles. The smallest absolute Gasteiger partial charge is 0.222 e. The van der Waals surface area contributed by atoms with Crippen LogP contribution in [0.3, 0.4) is 0 Å². The number of methoxy groups -OCH3 is 1. The van der Waals surface area contributed by atoms with Gasteiger partial charge in [0.1, 0.15) is 11.5 Å². The van der Waals surface area contributed by atoms with Crippen LogP contribution in [-0.4, -0.2) is 17.3 Å². The average Bonchev–Trinajstić information content (AvgIpc) is 2.65. The number of nitrogens with zero attached hydrogens (tertiary/aromatic N) is 2. The van der Waals surface area contributed by atoms with Crippen molar-refractivity contribution in [2.24, 2.45) is 0 Å². The second kappa shape index (κ2) is 3.49. The van der Waals surface area contributed by atoms with E-state index in [2.05, 4.69) is 10.1 Å². The maximum absolute atomic E-state index is 5.12. The molecule has 0 atom stereocenters. The topological polar surface area (TPSA) is 48.2 Å². The van der Waals surface area contributed by atoms with Gasteiger partial charge in [0.2, 0.25) is 5.88 Å². The molecule has 72 valence electrons. The molecule has 4 heteroatoms. The zero-order valence-electron chi connectivity index (χ0n) is 8.02. The molecule has 0 saturated carbocycles. The third kappa shape index (κ3) is 1.46. The Labute approximate surface area is 81.5 Å². The molecule has 0 fully saturated rings. The van der Waals surface area contributed by atoms with Crippen molar-refractivity contribution in [1.29, 1.82) is 0 Å². The normalized spacial score (nSPS) is 10.1. The Bertz CT molecular complexity index is 437. The van der Waals surface area contributed by atoms with E-state index in [0.29, 0.717) is 5.88 Å². The number of aryl methyl sites for hydroxylation is 1. The molecule has 2 heterocycles. The predicted molar refractivity (Wildman–Crippen MR) is 51.0 cm³/mol. The van der Waals surface area contributed by atoms with Crippen molar-refractivity contribution in [3.05, 3.63) is 30.2 Å². The highest BCUT2D eigenvalue weighted by atomic mass is 16.5. The molecule has 4 nitrogen and oxygen atoms in total. The Morgan fingerprint density at radius 1 is 1.43 bits per heavy atom. The Morgan fingerprint density at radius 2 is 2.29 bits per heavy atom. The molecular weight excluding hydrogens is 180 g/mol. The van der Waals surface area contributed by atoms with E-state index in [1.165, 1.54) is 0 Å². The highest BCUT2D eigenvalue weighted by Gasteiger charge is 2.09. The van der Waals surface area contributed by atoms with Crippen LogP contribution in [0.25, 0.3) is 11.3 Å². The van der Waals surface area contributed by atoms with E-state index in [9.17, 15) is 0 Å². The lowest BCUT2D eigenvalue weighted by Crippen LogP contribution is -1.90. The summed E-state index contributed by atoms with van der Waals surface area (Å²) in [5, 5.41) is 3.90. The third-order valence-electron chi connectivity index (χ3n) is 1.87. The molecule has 0 N–H and O–H groups in total. The van der Waals surface area contributed by atoms with E-state index in [1.54, 1.807) is 13.3 Å². The number of hydrogen-bond donors (Lipinski definition) is 0. The van der Waals surface area contributed by atoms with Crippen LogP contribution in [0.2, 0.25) is 0 Å². The molecule has 0 saturated heterocycles. The molecule has 0 radical (unpaired) electrons. The second-order valence-corrected chi connectivity index (χ2v) is 2.88. The molecule has 0 spiro atoms. The maximum atomic E-state index is 5.12. The molecule has 0 aromatic carbocycles. The molecule has 0 amide bonds. The Balaban J connectivity index is 2.50. The van der Waals surface area contributed by atoms with Gasteiger partial charge in [0.15, 0.2) is 0 Å². The van der Waals surface area contributed by atoms with E-state index in [1.807, 2.05) is 25.1 Å².